The quantitative estimate of drug-likeness (QED) is 0.575. The molecular weight excluding hydrogens is 254 g/mol. The summed E-state index contributed by atoms with van der Waals surface area (Å²) in [5, 5.41) is 5.02. The molecule has 1 rings (SSSR count). The van der Waals surface area contributed by atoms with Crippen molar-refractivity contribution in [1.29, 1.82) is 0 Å². The van der Waals surface area contributed by atoms with Gasteiger partial charge in [-0.25, -0.2) is 0 Å². The number of carbonyl (C=O) groups is 1. The summed E-state index contributed by atoms with van der Waals surface area (Å²) in [7, 11) is 0. The highest BCUT2D eigenvalue weighted by Gasteiger charge is 2.01. The summed E-state index contributed by atoms with van der Waals surface area (Å²) in [6, 6.07) is 4.08. The Kier molecular flexibility index (Phi) is 9.42. The van der Waals surface area contributed by atoms with Crippen molar-refractivity contribution in [3.8, 4) is 0 Å². The molecule has 0 aliphatic heterocycles. The van der Waals surface area contributed by atoms with Gasteiger partial charge in [-0.3, -0.25) is 4.79 Å². The van der Waals surface area contributed by atoms with Gasteiger partial charge < -0.3 is 5.32 Å². The molecular formula is C16H27NOS. The molecule has 3 heteroatoms. The van der Waals surface area contributed by atoms with Gasteiger partial charge in [0, 0.05) is 11.3 Å². The number of rotatable bonds is 11. The summed E-state index contributed by atoms with van der Waals surface area (Å²) < 4.78 is 0. The van der Waals surface area contributed by atoms with Crippen molar-refractivity contribution in [2.24, 2.45) is 0 Å². The third-order valence-corrected chi connectivity index (χ3v) is 4.17. The first-order valence-corrected chi connectivity index (χ1v) is 8.50. The van der Waals surface area contributed by atoms with Gasteiger partial charge in [-0.1, -0.05) is 57.9 Å². The van der Waals surface area contributed by atoms with Crippen LogP contribution >= 0.6 is 11.3 Å². The summed E-state index contributed by atoms with van der Waals surface area (Å²) in [5.41, 5.74) is 0. The van der Waals surface area contributed by atoms with Crippen LogP contribution in [0.15, 0.2) is 17.5 Å². The summed E-state index contributed by atoms with van der Waals surface area (Å²) in [4.78, 5) is 12.8. The summed E-state index contributed by atoms with van der Waals surface area (Å²) in [6.07, 6.45) is 10.9. The van der Waals surface area contributed by atoms with E-state index in [9.17, 15) is 4.79 Å². The highest BCUT2D eigenvalue weighted by molar-refractivity contribution is 7.09. The Labute approximate surface area is 121 Å². The lowest BCUT2D eigenvalue weighted by molar-refractivity contribution is -0.121. The van der Waals surface area contributed by atoms with Gasteiger partial charge in [-0.2, -0.15) is 0 Å². The molecule has 0 saturated carbocycles. The van der Waals surface area contributed by atoms with Crippen LogP contribution in [0, 0.1) is 0 Å². The number of thiophene rings is 1. The van der Waals surface area contributed by atoms with E-state index in [4.69, 9.17) is 0 Å². The molecule has 2 nitrogen and oxygen atoms in total. The van der Waals surface area contributed by atoms with Crippen molar-refractivity contribution in [1.82, 2.24) is 5.32 Å². The molecule has 1 aromatic heterocycles. The first-order chi connectivity index (χ1) is 9.33. The van der Waals surface area contributed by atoms with E-state index in [1.807, 2.05) is 11.4 Å². The molecule has 0 aromatic carbocycles. The molecule has 0 saturated heterocycles. The second-order valence-electron chi connectivity index (χ2n) is 5.08. The van der Waals surface area contributed by atoms with Crippen LogP contribution in [-0.4, -0.2) is 5.91 Å². The summed E-state index contributed by atoms with van der Waals surface area (Å²) >= 11 is 1.69. The maximum absolute atomic E-state index is 11.6. The average molecular weight is 281 g/mol. The van der Waals surface area contributed by atoms with Gasteiger partial charge in [-0.05, 0) is 17.9 Å². The van der Waals surface area contributed by atoms with Crippen molar-refractivity contribution in [3.63, 3.8) is 0 Å². The van der Waals surface area contributed by atoms with E-state index in [0.29, 0.717) is 13.0 Å². The second kappa shape index (κ2) is 11.0. The molecule has 0 spiro atoms. The van der Waals surface area contributed by atoms with Crippen molar-refractivity contribution < 1.29 is 4.79 Å². The molecule has 0 unspecified atom stereocenters. The highest BCUT2D eigenvalue weighted by Crippen LogP contribution is 2.10. The number of hydrogen-bond donors (Lipinski definition) is 1. The van der Waals surface area contributed by atoms with Crippen LogP contribution in [-0.2, 0) is 11.3 Å². The molecule has 0 atom stereocenters. The summed E-state index contributed by atoms with van der Waals surface area (Å²) in [5.74, 6) is 0.194. The molecule has 0 aliphatic carbocycles. The Morgan fingerprint density at radius 3 is 2.42 bits per heavy atom. The van der Waals surface area contributed by atoms with Gasteiger partial charge in [0.05, 0.1) is 6.54 Å². The van der Waals surface area contributed by atoms with E-state index < -0.39 is 0 Å². The number of carbonyl (C=O) groups excluding carboxylic acids is 1. The highest BCUT2D eigenvalue weighted by atomic mass is 32.1. The molecule has 108 valence electrons. The SMILES string of the molecule is CCCCCCCCCCC(=O)NCc1cccs1. The zero-order valence-corrected chi connectivity index (χ0v) is 12.9. The molecule has 0 bridgehead atoms. The minimum atomic E-state index is 0.194. The lowest BCUT2D eigenvalue weighted by Gasteiger charge is -2.04. The van der Waals surface area contributed by atoms with Crippen LogP contribution in [0.5, 0.6) is 0 Å². The van der Waals surface area contributed by atoms with Crippen molar-refractivity contribution in [2.45, 2.75) is 71.3 Å². The van der Waals surface area contributed by atoms with Gasteiger partial charge in [0.2, 0.25) is 5.91 Å². The smallest absolute Gasteiger partial charge is 0.220 e. The van der Waals surface area contributed by atoms with E-state index in [0.717, 1.165) is 6.42 Å². The Bertz CT molecular complexity index is 321. The van der Waals surface area contributed by atoms with Crippen molar-refractivity contribution in [2.75, 3.05) is 0 Å². The monoisotopic (exact) mass is 281 g/mol. The minimum absolute atomic E-state index is 0.194. The van der Waals surface area contributed by atoms with E-state index in [2.05, 4.69) is 18.3 Å². The number of hydrogen-bond acceptors (Lipinski definition) is 2. The van der Waals surface area contributed by atoms with Crippen LogP contribution in [0.4, 0.5) is 0 Å². The van der Waals surface area contributed by atoms with Crippen LogP contribution < -0.4 is 5.32 Å². The third-order valence-electron chi connectivity index (χ3n) is 3.30. The molecule has 0 aliphatic rings. The predicted molar refractivity (Wildman–Crippen MR) is 83.4 cm³/mol. The Hall–Kier alpha value is -0.830. The molecule has 19 heavy (non-hydrogen) atoms. The largest absolute Gasteiger partial charge is 0.351 e. The molecule has 0 radical (unpaired) electrons. The van der Waals surface area contributed by atoms with E-state index in [-0.39, 0.29) is 5.91 Å². The predicted octanol–water partition coefficient (Wildman–Crippen LogP) is 4.90. The lowest BCUT2D eigenvalue weighted by atomic mass is 10.1. The fraction of sp³-hybridized carbons (Fsp3) is 0.688. The van der Waals surface area contributed by atoms with Crippen molar-refractivity contribution >= 4 is 17.2 Å². The van der Waals surface area contributed by atoms with E-state index in [1.54, 1.807) is 11.3 Å². The Balaban J connectivity index is 1.87. The van der Waals surface area contributed by atoms with Crippen LogP contribution in [0.1, 0.15) is 69.6 Å². The number of unbranched alkanes of at least 4 members (excludes halogenated alkanes) is 7. The standard InChI is InChI=1S/C16H27NOS/c1-2-3-4-5-6-7-8-9-12-16(18)17-14-15-11-10-13-19-15/h10-11,13H,2-9,12,14H2,1H3,(H,17,18). The van der Waals surface area contributed by atoms with E-state index >= 15 is 0 Å². The first-order valence-electron chi connectivity index (χ1n) is 7.62. The van der Waals surface area contributed by atoms with Crippen LogP contribution in [0.25, 0.3) is 0 Å². The fourth-order valence-electron chi connectivity index (χ4n) is 2.11. The Morgan fingerprint density at radius 2 is 1.79 bits per heavy atom. The second-order valence-corrected chi connectivity index (χ2v) is 6.11. The van der Waals surface area contributed by atoms with Crippen LogP contribution in [0.3, 0.4) is 0 Å². The van der Waals surface area contributed by atoms with Gasteiger partial charge in [0.25, 0.3) is 0 Å². The average Bonchev–Trinajstić information content (AvgIpc) is 2.93. The molecule has 0 fully saturated rings. The first kappa shape index (κ1) is 16.2. The maximum Gasteiger partial charge on any atom is 0.220 e. The Morgan fingerprint density at radius 1 is 1.11 bits per heavy atom. The number of nitrogens with one attached hydrogen (secondary N) is 1. The molecule has 1 amide bonds. The molecule has 1 N–H and O–H groups in total. The zero-order chi connectivity index (χ0) is 13.8. The third kappa shape index (κ3) is 8.82. The normalized spacial score (nSPS) is 10.6. The van der Waals surface area contributed by atoms with Gasteiger partial charge in [0.15, 0.2) is 0 Å². The lowest BCUT2D eigenvalue weighted by Crippen LogP contribution is -2.21. The molecule has 1 aromatic rings. The zero-order valence-electron chi connectivity index (χ0n) is 12.1. The fourth-order valence-corrected chi connectivity index (χ4v) is 2.75. The maximum atomic E-state index is 11.6. The number of amides is 1. The van der Waals surface area contributed by atoms with Crippen molar-refractivity contribution in [3.05, 3.63) is 22.4 Å². The summed E-state index contributed by atoms with van der Waals surface area (Å²) in [6.45, 7) is 2.93. The topological polar surface area (TPSA) is 29.1 Å². The van der Waals surface area contributed by atoms with Crippen LogP contribution in [0.2, 0.25) is 0 Å². The van der Waals surface area contributed by atoms with Gasteiger partial charge in [-0.15, -0.1) is 11.3 Å². The van der Waals surface area contributed by atoms with Gasteiger partial charge in [0.1, 0.15) is 0 Å². The van der Waals surface area contributed by atoms with Gasteiger partial charge >= 0.3 is 0 Å². The van der Waals surface area contributed by atoms with E-state index in [1.165, 1.54) is 49.8 Å². The minimum Gasteiger partial charge on any atom is -0.351 e. The molecule has 1 heterocycles.